The maximum absolute atomic E-state index is 12.7. The van der Waals surface area contributed by atoms with Crippen molar-refractivity contribution in [3.8, 4) is 5.75 Å². The Morgan fingerprint density at radius 1 is 0.939 bits per heavy atom. The Hall–Kier alpha value is -4.39. The van der Waals surface area contributed by atoms with Gasteiger partial charge in [-0.25, -0.2) is 4.79 Å². The first kappa shape index (κ1) is 21.8. The lowest BCUT2D eigenvalue weighted by Gasteiger charge is -2.15. The number of benzene rings is 3. The molecule has 3 aromatic carbocycles. The van der Waals surface area contributed by atoms with Gasteiger partial charge in [0.1, 0.15) is 18.4 Å². The van der Waals surface area contributed by atoms with Crippen LogP contribution in [0.3, 0.4) is 0 Å². The summed E-state index contributed by atoms with van der Waals surface area (Å²) in [5, 5.41) is 25.2. The summed E-state index contributed by atoms with van der Waals surface area (Å²) in [5.74, 6) is -0.902. The summed E-state index contributed by atoms with van der Waals surface area (Å²) in [6, 6.07) is 22.2. The van der Waals surface area contributed by atoms with E-state index in [1.807, 2.05) is 48.5 Å². The SMILES string of the molecule is O=C(NC(Cc1ccccc1)C(=O)O)c1ccc2cc(OCc3ccc[n+]([O-])c3)ccc2c1. The van der Waals surface area contributed by atoms with Gasteiger partial charge in [-0.2, -0.15) is 4.73 Å². The average Bonchev–Trinajstić information content (AvgIpc) is 2.82. The number of nitrogens with zero attached hydrogens (tertiary/aromatic N) is 1. The highest BCUT2D eigenvalue weighted by Crippen LogP contribution is 2.23. The van der Waals surface area contributed by atoms with Crippen molar-refractivity contribution in [2.24, 2.45) is 0 Å². The second-order valence-corrected chi connectivity index (χ2v) is 7.64. The van der Waals surface area contributed by atoms with Gasteiger partial charge < -0.3 is 20.4 Å². The van der Waals surface area contributed by atoms with Crippen LogP contribution in [0, 0.1) is 5.21 Å². The summed E-state index contributed by atoms with van der Waals surface area (Å²) >= 11 is 0. The number of hydrogen-bond donors (Lipinski definition) is 2. The molecule has 0 bridgehead atoms. The number of carbonyl (C=O) groups is 2. The number of rotatable bonds is 8. The zero-order chi connectivity index (χ0) is 23.2. The lowest BCUT2D eigenvalue weighted by Crippen LogP contribution is -2.42. The first-order valence-corrected chi connectivity index (χ1v) is 10.4. The van der Waals surface area contributed by atoms with Crippen LogP contribution < -0.4 is 14.8 Å². The Kier molecular flexibility index (Phi) is 6.50. The van der Waals surface area contributed by atoms with Gasteiger partial charge in [-0.3, -0.25) is 4.79 Å². The van der Waals surface area contributed by atoms with E-state index in [0.29, 0.717) is 11.3 Å². The molecule has 0 saturated carbocycles. The van der Waals surface area contributed by atoms with Crippen LogP contribution in [0.15, 0.2) is 91.3 Å². The van der Waals surface area contributed by atoms with Crippen LogP contribution in [0.2, 0.25) is 0 Å². The van der Waals surface area contributed by atoms with Gasteiger partial charge in [0, 0.05) is 18.1 Å². The smallest absolute Gasteiger partial charge is 0.326 e. The number of ether oxygens (including phenoxy) is 1. The maximum Gasteiger partial charge on any atom is 0.326 e. The first-order chi connectivity index (χ1) is 16.0. The van der Waals surface area contributed by atoms with Gasteiger partial charge in [-0.05, 0) is 46.7 Å². The molecule has 2 N–H and O–H groups in total. The molecule has 1 heterocycles. The minimum Gasteiger partial charge on any atom is -0.619 e. The zero-order valence-electron chi connectivity index (χ0n) is 17.7. The first-order valence-electron chi connectivity index (χ1n) is 10.4. The summed E-state index contributed by atoms with van der Waals surface area (Å²) in [7, 11) is 0. The molecule has 33 heavy (non-hydrogen) atoms. The van der Waals surface area contributed by atoms with Crippen molar-refractivity contribution in [3.63, 3.8) is 0 Å². The summed E-state index contributed by atoms with van der Waals surface area (Å²) in [6.45, 7) is 0.257. The number of aromatic nitrogens is 1. The van der Waals surface area contributed by atoms with Crippen LogP contribution in [0.1, 0.15) is 21.5 Å². The Balaban J connectivity index is 1.45. The molecule has 0 radical (unpaired) electrons. The van der Waals surface area contributed by atoms with Crippen LogP contribution in [-0.4, -0.2) is 23.0 Å². The Labute approximate surface area is 190 Å². The molecule has 1 amide bonds. The summed E-state index contributed by atoms with van der Waals surface area (Å²) in [5.41, 5.74) is 1.96. The molecule has 0 fully saturated rings. The normalized spacial score (nSPS) is 11.6. The summed E-state index contributed by atoms with van der Waals surface area (Å²) < 4.78 is 6.49. The molecule has 0 aliphatic heterocycles. The molecule has 1 aromatic heterocycles. The highest BCUT2D eigenvalue weighted by molar-refractivity contribution is 6.00. The van der Waals surface area contributed by atoms with Gasteiger partial charge in [0.15, 0.2) is 12.4 Å². The molecule has 1 unspecified atom stereocenters. The van der Waals surface area contributed by atoms with Gasteiger partial charge in [0.25, 0.3) is 5.91 Å². The number of carbonyl (C=O) groups excluding carboxylic acids is 1. The number of fused-ring (bicyclic) bond motifs is 1. The summed E-state index contributed by atoms with van der Waals surface area (Å²) in [4.78, 5) is 24.4. The molecule has 4 rings (SSSR count). The van der Waals surface area contributed by atoms with E-state index in [0.717, 1.165) is 26.6 Å². The quantitative estimate of drug-likeness (QED) is 0.321. The number of hydrogen-bond acceptors (Lipinski definition) is 4. The monoisotopic (exact) mass is 442 g/mol. The standard InChI is InChI=1S/C26H22N2O5/c29-25(27-24(26(30)31)13-18-5-2-1-3-6-18)22-9-8-21-15-23(11-10-20(21)14-22)33-17-19-7-4-12-28(32)16-19/h1-12,14-16,24H,13,17H2,(H,27,29)(H,30,31). The van der Waals surface area contributed by atoms with Gasteiger partial charge in [-0.15, -0.1) is 0 Å². The minimum atomic E-state index is -1.09. The lowest BCUT2D eigenvalue weighted by molar-refractivity contribution is -0.606. The second kappa shape index (κ2) is 9.82. The van der Waals surface area contributed by atoms with Crippen LogP contribution >= 0.6 is 0 Å². The van der Waals surface area contributed by atoms with Crippen molar-refractivity contribution in [1.29, 1.82) is 0 Å². The van der Waals surface area contributed by atoms with Gasteiger partial charge in [0.2, 0.25) is 0 Å². The fraction of sp³-hybridized carbons (Fsp3) is 0.115. The predicted molar refractivity (Wildman–Crippen MR) is 123 cm³/mol. The number of carboxylic acids is 1. The fourth-order valence-corrected chi connectivity index (χ4v) is 3.50. The number of carboxylic acid groups (broad SMARTS) is 1. The molecular weight excluding hydrogens is 420 g/mol. The van der Waals surface area contributed by atoms with E-state index in [9.17, 15) is 19.9 Å². The van der Waals surface area contributed by atoms with E-state index in [1.165, 1.54) is 12.4 Å². The van der Waals surface area contributed by atoms with Crippen molar-refractivity contribution in [1.82, 2.24) is 5.32 Å². The van der Waals surface area contributed by atoms with E-state index in [1.54, 1.807) is 30.3 Å². The largest absolute Gasteiger partial charge is 0.619 e. The van der Waals surface area contributed by atoms with Crippen LogP contribution in [0.5, 0.6) is 5.75 Å². The predicted octanol–water partition coefficient (Wildman–Crippen LogP) is 3.48. The van der Waals surface area contributed by atoms with Crippen molar-refractivity contribution in [2.45, 2.75) is 19.1 Å². The highest BCUT2D eigenvalue weighted by atomic mass is 16.5. The van der Waals surface area contributed by atoms with Crippen LogP contribution in [0.25, 0.3) is 10.8 Å². The highest BCUT2D eigenvalue weighted by Gasteiger charge is 2.21. The zero-order valence-corrected chi connectivity index (χ0v) is 17.7. The average molecular weight is 442 g/mol. The molecule has 0 aliphatic rings. The second-order valence-electron chi connectivity index (χ2n) is 7.64. The van der Waals surface area contributed by atoms with E-state index >= 15 is 0 Å². The minimum absolute atomic E-state index is 0.198. The number of amides is 1. The molecule has 0 spiro atoms. The van der Waals surface area contributed by atoms with Gasteiger partial charge >= 0.3 is 5.97 Å². The molecule has 0 aliphatic carbocycles. The van der Waals surface area contributed by atoms with E-state index in [-0.39, 0.29) is 13.0 Å². The maximum atomic E-state index is 12.7. The Morgan fingerprint density at radius 2 is 1.67 bits per heavy atom. The van der Waals surface area contributed by atoms with E-state index < -0.39 is 17.9 Å². The molecule has 4 aromatic rings. The lowest BCUT2D eigenvalue weighted by atomic mass is 10.0. The molecule has 0 saturated heterocycles. The van der Waals surface area contributed by atoms with Crippen molar-refractivity contribution >= 4 is 22.6 Å². The third-order valence-corrected chi connectivity index (χ3v) is 5.20. The van der Waals surface area contributed by atoms with E-state index in [2.05, 4.69) is 5.32 Å². The third kappa shape index (κ3) is 5.65. The number of aliphatic carboxylic acids is 1. The molecule has 1 atom stereocenters. The Bertz CT molecular complexity index is 1290. The molecular formula is C26H22N2O5. The molecule has 7 nitrogen and oxygen atoms in total. The molecule has 166 valence electrons. The van der Waals surface area contributed by atoms with Crippen LogP contribution in [-0.2, 0) is 17.8 Å². The fourth-order valence-electron chi connectivity index (χ4n) is 3.50. The van der Waals surface area contributed by atoms with Crippen molar-refractivity contribution in [3.05, 3.63) is 113 Å². The topological polar surface area (TPSA) is 103 Å². The van der Waals surface area contributed by atoms with Gasteiger partial charge in [0.05, 0.1) is 5.56 Å². The third-order valence-electron chi connectivity index (χ3n) is 5.20. The van der Waals surface area contributed by atoms with Gasteiger partial charge in [-0.1, -0.05) is 42.5 Å². The summed E-state index contributed by atoms with van der Waals surface area (Å²) in [6.07, 6.45) is 3.06. The number of nitrogens with one attached hydrogen (secondary N) is 1. The Morgan fingerprint density at radius 3 is 2.42 bits per heavy atom. The number of pyridine rings is 1. The van der Waals surface area contributed by atoms with Crippen LogP contribution in [0.4, 0.5) is 0 Å². The van der Waals surface area contributed by atoms with Crippen molar-refractivity contribution < 1.29 is 24.2 Å². The van der Waals surface area contributed by atoms with Crippen molar-refractivity contribution in [2.75, 3.05) is 0 Å². The molecule has 7 heteroatoms. The van der Waals surface area contributed by atoms with E-state index in [4.69, 9.17) is 4.74 Å².